The Hall–Kier alpha value is -0.900. The van der Waals surface area contributed by atoms with Crippen LogP contribution in [0, 0.1) is 5.92 Å². The van der Waals surface area contributed by atoms with Gasteiger partial charge in [0.25, 0.3) is 0 Å². The molecule has 0 radical (unpaired) electrons. The second kappa shape index (κ2) is 5.61. The van der Waals surface area contributed by atoms with Crippen molar-refractivity contribution in [2.24, 2.45) is 11.8 Å². The van der Waals surface area contributed by atoms with Crippen molar-refractivity contribution in [2.45, 2.75) is 57.3 Å². The first-order valence-corrected chi connectivity index (χ1v) is 7.49. The third-order valence-corrected chi connectivity index (χ3v) is 4.77. The monoisotopic (exact) mass is 260 g/mol. The molecule has 0 aliphatic carbocycles. The van der Waals surface area contributed by atoms with Gasteiger partial charge in [-0.15, -0.1) is 0 Å². The lowest BCUT2D eigenvalue weighted by molar-refractivity contribution is 0.0857. The third kappa shape index (κ3) is 2.69. The van der Waals surface area contributed by atoms with Crippen molar-refractivity contribution in [3.63, 3.8) is 0 Å². The Morgan fingerprint density at radius 1 is 1.26 bits per heavy atom. The number of nitrogens with one attached hydrogen (secondary N) is 1. The van der Waals surface area contributed by atoms with Crippen LogP contribution in [-0.2, 0) is 17.6 Å². The number of benzene rings is 1. The van der Waals surface area contributed by atoms with E-state index in [9.17, 15) is 0 Å². The van der Waals surface area contributed by atoms with Crippen LogP contribution in [0.1, 0.15) is 37.3 Å². The van der Waals surface area contributed by atoms with E-state index in [0.717, 1.165) is 12.8 Å². The molecule has 4 atom stereocenters. The van der Waals surface area contributed by atoms with Crippen LogP contribution >= 0.6 is 0 Å². The molecule has 0 amide bonds. The Morgan fingerprint density at radius 2 is 2.00 bits per heavy atom. The van der Waals surface area contributed by atoms with Gasteiger partial charge in [-0.05, 0) is 43.2 Å². The number of nitrogens with two attached hydrogens (primary N) is 1. The Labute approximate surface area is 115 Å². The highest BCUT2D eigenvalue weighted by Gasteiger charge is 2.43. The van der Waals surface area contributed by atoms with Crippen LogP contribution < -0.4 is 11.3 Å². The maximum absolute atomic E-state index is 5.95. The van der Waals surface area contributed by atoms with Crippen LogP contribution in [-0.4, -0.2) is 18.2 Å². The van der Waals surface area contributed by atoms with E-state index in [1.54, 1.807) is 0 Å². The van der Waals surface area contributed by atoms with Gasteiger partial charge in [0.05, 0.1) is 12.2 Å². The Morgan fingerprint density at radius 3 is 2.53 bits per heavy atom. The van der Waals surface area contributed by atoms with E-state index in [1.165, 1.54) is 30.4 Å². The van der Waals surface area contributed by atoms with E-state index in [4.69, 9.17) is 10.6 Å². The zero-order valence-corrected chi connectivity index (χ0v) is 11.6. The minimum atomic E-state index is 0.336. The quantitative estimate of drug-likeness (QED) is 0.630. The summed E-state index contributed by atoms with van der Waals surface area (Å²) < 4.78 is 5.95. The van der Waals surface area contributed by atoms with Gasteiger partial charge in [0.15, 0.2) is 0 Å². The topological polar surface area (TPSA) is 47.3 Å². The number of ether oxygens (including phenoxy) is 1. The normalized spacial score (nSPS) is 30.7. The first-order chi connectivity index (χ1) is 9.30. The summed E-state index contributed by atoms with van der Waals surface area (Å²) in [5, 5.41) is 0. The van der Waals surface area contributed by atoms with Crippen molar-refractivity contribution < 1.29 is 4.74 Å². The SMILES string of the molecule is CCc1ccc(CC(NN)C2CC3CCC2O3)cc1. The number of fused-ring (bicyclic) bond motifs is 2. The third-order valence-electron chi connectivity index (χ3n) is 4.77. The van der Waals surface area contributed by atoms with Gasteiger partial charge in [0.2, 0.25) is 0 Å². The molecule has 2 aliphatic heterocycles. The van der Waals surface area contributed by atoms with Crippen LogP contribution in [0.15, 0.2) is 24.3 Å². The van der Waals surface area contributed by atoms with Crippen molar-refractivity contribution in [3.05, 3.63) is 35.4 Å². The number of hydrazine groups is 1. The van der Waals surface area contributed by atoms with Gasteiger partial charge in [-0.2, -0.15) is 0 Å². The zero-order valence-electron chi connectivity index (χ0n) is 11.6. The summed E-state index contributed by atoms with van der Waals surface area (Å²) in [6, 6.07) is 9.25. The smallest absolute Gasteiger partial charge is 0.0624 e. The summed E-state index contributed by atoms with van der Waals surface area (Å²) in [5.74, 6) is 6.36. The van der Waals surface area contributed by atoms with Gasteiger partial charge in [0, 0.05) is 12.0 Å². The maximum Gasteiger partial charge on any atom is 0.0624 e. The van der Waals surface area contributed by atoms with Crippen LogP contribution in [0.5, 0.6) is 0 Å². The predicted molar refractivity (Wildman–Crippen MR) is 76.6 cm³/mol. The van der Waals surface area contributed by atoms with Crippen molar-refractivity contribution in [2.75, 3.05) is 0 Å². The minimum absolute atomic E-state index is 0.336. The average Bonchev–Trinajstić information content (AvgIpc) is 3.08. The Bertz CT molecular complexity index is 417. The standard InChI is InChI=1S/C16H24N2O/c1-2-11-3-5-12(6-4-11)9-15(18-17)14-10-13-7-8-16(14)19-13/h3-6,13-16,18H,2,7-10,17H2,1H3. The van der Waals surface area contributed by atoms with Crippen molar-refractivity contribution in [3.8, 4) is 0 Å². The molecule has 3 N–H and O–H groups in total. The van der Waals surface area contributed by atoms with Crippen LogP contribution in [0.4, 0.5) is 0 Å². The molecule has 2 saturated heterocycles. The summed E-state index contributed by atoms with van der Waals surface area (Å²) in [6.07, 6.45) is 6.64. The van der Waals surface area contributed by atoms with E-state index in [1.807, 2.05) is 0 Å². The fourth-order valence-electron chi connectivity index (χ4n) is 3.60. The lowest BCUT2D eigenvalue weighted by Crippen LogP contribution is -2.45. The first kappa shape index (κ1) is 13.1. The van der Waals surface area contributed by atoms with Crippen molar-refractivity contribution in [1.82, 2.24) is 5.43 Å². The number of rotatable bonds is 5. The zero-order chi connectivity index (χ0) is 13.2. The second-order valence-corrected chi connectivity index (χ2v) is 5.92. The van der Waals surface area contributed by atoms with Gasteiger partial charge in [-0.3, -0.25) is 11.3 Å². The predicted octanol–water partition coefficient (Wildman–Crippen LogP) is 2.19. The first-order valence-electron chi connectivity index (χ1n) is 7.49. The Kier molecular flexibility index (Phi) is 3.87. The molecule has 0 saturated carbocycles. The molecular formula is C16H24N2O. The molecule has 2 bridgehead atoms. The molecule has 2 heterocycles. The van der Waals surface area contributed by atoms with Gasteiger partial charge in [-0.1, -0.05) is 31.2 Å². The molecule has 2 fully saturated rings. The molecule has 19 heavy (non-hydrogen) atoms. The number of hydrogen-bond donors (Lipinski definition) is 2. The molecule has 104 valence electrons. The fraction of sp³-hybridized carbons (Fsp3) is 0.625. The molecule has 3 rings (SSSR count). The highest BCUT2D eigenvalue weighted by atomic mass is 16.5. The summed E-state index contributed by atoms with van der Waals surface area (Å²) in [5.41, 5.74) is 5.78. The van der Waals surface area contributed by atoms with Crippen LogP contribution in [0.2, 0.25) is 0 Å². The van der Waals surface area contributed by atoms with E-state index in [2.05, 4.69) is 36.6 Å². The van der Waals surface area contributed by atoms with Gasteiger partial charge in [0.1, 0.15) is 0 Å². The molecule has 3 heteroatoms. The van der Waals surface area contributed by atoms with E-state index in [-0.39, 0.29) is 0 Å². The molecule has 2 aliphatic rings. The number of aryl methyl sites for hydroxylation is 1. The molecule has 1 aromatic carbocycles. The van der Waals surface area contributed by atoms with Gasteiger partial charge in [-0.25, -0.2) is 0 Å². The lowest BCUT2D eigenvalue weighted by Gasteiger charge is -2.28. The molecule has 4 unspecified atom stereocenters. The van der Waals surface area contributed by atoms with Gasteiger partial charge < -0.3 is 4.74 Å². The summed E-state index contributed by atoms with van der Waals surface area (Å²) in [6.45, 7) is 2.19. The van der Waals surface area contributed by atoms with Crippen molar-refractivity contribution in [1.29, 1.82) is 0 Å². The minimum Gasteiger partial charge on any atom is -0.375 e. The summed E-state index contributed by atoms with van der Waals surface area (Å²) in [4.78, 5) is 0. The fourth-order valence-corrected chi connectivity index (χ4v) is 3.60. The molecule has 0 aromatic heterocycles. The van der Waals surface area contributed by atoms with E-state index in [0.29, 0.717) is 24.2 Å². The highest BCUT2D eigenvalue weighted by Crippen LogP contribution is 2.40. The van der Waals surface area contributed by atoms with Crippen molar-refractivity contribution >= 4 is 0 Å². The van der Waals surface area contributed by atoms with E-state index < -0.39 is 0 Å². The second-order valence-electron chi connectivity index (χ2n) is 5.92. The largest absolute Gasteiger partial charge is 0.375 e. The summed E-state index contributed by atoms with van der Waals surface area (Å²) >= 11 is 0. The maximum atomic E-state index is 5.95. The number of hydrogen-bond acceptors (Lipinski definition) is 3. The summed E-state index contributed by atoms with van der Waals surface area (Å²) in [7, 11) is 0. The average molecular weight is 260 g/mol. The van der Waals surface area contributed by atoms with Crippen LogP contribution in [0.3, 0.4) is 0 Å². The van der Waals surface area contributed by atoms with E-state index >= 15 is 0 Å². The molecule has 0 spiro atoms. The molecular weight excluding hydrogens is 236 g/mol. The lowest BCUT2D eigenvalue weighted by atomic mass is 9.81. The Balaban J connectivity index is 1.65. The molecule has 3 nitrogen and oxygen atoms in total. The highest BCUT2D eigenvalue weighted by molar-refractivity contribution is 5.23. The van der Waals surface area contributed by atoms with Crippen LogP contribution in [0.25, 0.3) is 0 Å². The molecule has 1 aromatic rings. The van der Waals surface area contributed by atoms with Gasteiger partial charge >= 0.3 is 0 Å².